The molecule has 3 aliphatic rings. The van der Waals surface area contributed by atoms with Crippen molar-refractivity contribution in [1.29, 1.82) is 0 Å². The Balaban J connectivity index is 1.54. The van der Waals surface area contributed by atoms with Crippen molar-refractivity contribution in [3.05, 3.63) is 23.8 Å². The van der Waals surface area contributed by atoms with E-state index in [0.29, 0.717) is 19.3 Å². The van der Waals surface area contributed by atoms with Gasteiger partial charge in [0.25, 0.3) is 0 Å². The van der Waals surface area contributed by atoms with Crippen molar-refractivity contribution in [3.8, 4) is 11.5 Å². The maximum atomic E-state index is 12.9. The van der Waals surface area contributed by atoms with Crippen LogP contribution in [0.2, 0.25) is 0 Å². The molecule has 6 nitrogen and oxygen atoms in total. The van der Waals surface area contributed by atoms with Crippen LogP contribution in [0.1, 0.15) is 44.2 Å². The molecule has 3 atom stereocenters. The summed E-state index contributed by atoms with van der Waals surface area (Å²) in [7, 11) is 0. The highest BCUT2D eigenvalue weighted by molar-refractivity contribution is 5.83. The lowest BCUT2D eigenvalue weighted by atomic mass is 10.0. The van der Waals surface area contributed by atoms with E-state index in [1.165, 1.54) is 0 Å². The van der Waals surface area contributed by atoms with Gasteiger partial charge in [0, 0.05) is 19.0 Å². The summed E-state index contributed by atoms with van der Waals surface area (Å²) in [6.45, 7) is 4.29. The Morgan fingerprint density at radius 2 is 2.00 bits per heavy atom. The second kappa shape index (κ2) is 6.61. The van der Waals surface area contributed by atoms with Crippen LogP contribution in [-0.4, -0.2) is 42.6 Å². The zero-order valence-electron chi connectivity index (χ0n) is 14.1. The minimum atomic E-state index is -0.124. The van der Waals surface area contributed by atoms with E-state index in [1.54, 1.807) is 0 Å². The molecule has 2 N–H and O–H groups in total. The van der Waals surface area contributed by atoms with Gasteiger partial charge in [-0.3, -0.25) is 10.2 Å². The van der Waals surface area contributed by atoms with Crippen LogP contribution in [0.4, 0.5) is 0 Å². The summed E-state index contributed by atoms with van der Waals surface area (Å²) in [6.07, 6.45) is 3.78. The molecular weight excluding hydrogens is 306 g/mol. The van der Waals surface area contributed by atoms with E-state index >= 15 is 0 Å². The molecule has 0 bridgehead atoms. The minimum absolute atomic E-state index is 0.124. The number of carbonyl (C=O) groups is 1. The van der Waals surface area contributed by atoms with Gasteiger partial charge in [0.2, 0.25) is 5.91 Å². The first-order chi connectivity index (χ1) is 11.7. The van der Waals surface area contributed by atoms with E-state index in [-0.39, 0.29) is 18.0 Å². The van der Waals surface area contributed by atoms with Gasteiger partial charge in [-0.05, 0) is 43.9 Å². The molecule has 1 aromatic carbocycles. The lowest BCUT2D eigenvalue weighted by Crippen LogP contribution is -2.45. The van der Waals surface area contributed by atoms with E-state index < -0.39 is 0 Å². The van der Waals surface area contributed by atoms with Crippen LogP contribution >= 0.6 is 0 Å². The average Bonchev–Trinajstić information content (AvgIpc) is 3.18. The Morgan fingerprint density at radius 1 is 1.17 bits per heavy atom. The molecule has 4 rings (SSSR count). The third-order valence-corrected chi connectivity index (χ3v) is 5.08. The van der Waals surface area contributed by atoms with Crippen LogP contribution < -0.4 is 20.3 Å². The van der Waals surface area contributed by atoms with Crippen molar-refractivity contribution in [1.82, 2.24) is 15.8 Å². The maximum absolute atomic E-state index is 12.9. The first-order valence-electron chi connectivity index (χ1n) is 8.93. The molecule has 0 spiro atoms. The highest BCUT2D eigenvalue weighted by Crippen LogP contribution is 2.38. The minimum Gasteiger partial charge on any atom is -0.490 e. The molecule has 24 heavy (non-hydrogen) atoms. The van der Waals surface area contributed by atoms with Gasteiger partial charge in [0.15, 0.2) is 11.5 Å². The SMILES string of the molecule is CC1CC(C(=O)N2CCCC2c2ccc3c(c2)OCCCO3)NN1. The fourth-order valence-electron chi connectivity index (χ4n) is 3.84. The van der Waals surface area contributed by atoms with Gasteiger partial charge >= 0.3 is 0 Å². The second-order valence-electron chi connectivity index (χ2n) is 6.92. The summed E-state index contributed by atoms with van der Waals surface area (Å²) in [6, 6.07) is 6.45. The number of hydrogen-bond acceptors (Lipinski definition) is 5. The highest BCUT2D eigenvalue weighted by atomic mass is 16.5. The monoisotopic (exact) mass is 331 g/mol. The molecule has 3 heterocycles. The van der Waals surface area contributed by atoms with E-state index in [4.69, 9.17) is 9.47 Å². The van der Waals surface area contributed by atoms with Crippen LogP contribution in [0.3, 0.4) is 0 Å². The Labute approximate surface area is 142 Å². The standard InChI is InChI=1S/C18H25N3O3/c1-12-10-14(20-19-12)18(22)21-7-2-4-15(21)13-5-6-16-17(11-13)24-9-3-8-23-16/h5-6,11-12,14-15,19-20H,2-4,7-10H2,1H3. The van der Waals surface area contributed by atoms with Gasteiger partial charge < -0.3 is 14.4 Å². The molecule has 6 heteroatoms. The van der Waals surface area contributed by atoms with Crippen molar-refractivity contribution < 1.29 is 14.3 Å². The number of hydrazine groups is 1. The quantitative estimate of drug-likeness (QED) is 0.865. The van der Waals surface area contributed by atoms with Gasteiger partial charge in [0.05, 0.1) is 19.3 Å². The van der Waals surface area contributed by atoms with Crippen LogP contribution in [0.15, 0.2) is 18.2 Å². The number of likely N-dealkylation sites (tertiary alicyclic amines) is 1. The van der Waals surface area contributed by atoms with Gasteiger partial charge in [-0.25, -0.2) is 5.43 Å². The molecule has 0 aliphatic carbocycles. The van der Waals surface area contributed by atoms with E-state index in [0.717, 1.165) is 49.3 Å². The molecule has 1 amide bonds. The summed E-state index contributed by atoms with van der Waals surface area (Å²) >= 11 is 0. The number of fused-ring (bicyclic) bond motifs is 1. The van der Waals surface area contributed by atoms with Crippen LogP contribution in [-0.2, 0) is 4.79 Å². The number of benzene rings is 1. The van der Waals surface area contributed by atoms with Crippen molar-refractivity contribution >= 4 is 5.91 Å². The van der Waals surface area contributed by atoms with Gasteiger partial charge in [-0.1, -0.05) is 6.07 Å². The second-order valence-corrected chi connectivity index (χ2v) is 6.92. The summed E-state index contributed by atoms with van der Waals surface area (Å²) < 4.78 is 11.5. The molecule has 2 fully saturated rings. The molecule has 2 saturated heterocycles. The van der Waals surface area contributed by atoms with E-state index in [1.807, 2.05) is 11.0 Å². The predicted octanol–water partition coefficient (Wildman–Crippen LogP) is 1.77. The fourth-order valence-corrected chi connectivity index (χ4v) is 3.84. The zero-order valence-corrected chi connectivity index (χ0v) is 14.1. The number of ether oxygens (including phenoxy) is 2. The molecule has 0 saturated carbocycles. The summed E-state index contributed by atoms with van der Waals surface area (Å²) in [4.78, 5) is 14.9. The molecule has 0 radical (unpaired) electrons. The summed E-state index contributed by atoms with van der Waals surface area (Å²) in [5, 5.41) is 0. The molecule has 3 unspecified atom stereocenters. The number of carbonyl (C=O) groups excluding carboxylic acids is 1. The third kappa shape index (κ3) is 2.96. The van der Waals surface area contributed by atoms with Gasteiger partial charge in [0.1, 0.15) is 6.04 Å². The van der Waals surface area contributed by atoms with Crippen molar-refractivity contribution in [3.63, 3.8) is 0 Å². The number of nitrogens with zero attached hydrogens (tertiary/aromatic N) is 1. The normalized spacial score (nSPS) is 29.5. The smallest absolute Gasteiger partial charge is 0.241 e. The predicted molar refractivity (Wildman–Crippen MR) is 89.9 cm³/mol. The number of nitrogens with one attached hydrogen (secondary N) is 2. The number of rotatable bonds is 2. The fraction of sp³-hybridized carbons (Fsp3) is 0.611. The zero-order chi connectivity index (χ0) is 16.5. The Kier molecular flexibility index (Phi) is 4.33. The van der Waals surface area contributed by atoms with Crippen molar-refractivity contribution in [2.45, 2.75) is 50.7 Å². The summed E-state index contributed by atoms with van der Waals surface area (Å²) in [5.74, 6) is 1.81. The Bertz CT molecular complexity index is 622. The maximum Gasteiger partial charge on any atom is 0.241 e. The van der Waals surface area contributed by atoms with Crippen molar-refractivity contribution in [2.75, 3.05) is 19.8 Å². The number of hydrogen-bond donors (Lipinski definition) is 2. The van der Waals surface area contributed by atoms with E-state index in [2.05, 4.69) is 29.9 Å². The molecule has 1 aromatic rings. The third-order valence-electron chi connectivity index (χ3n) is 5.08. The highest BCUT2D eigenvalue weighted by Gasteiger charge is 2.36. The first kappa shape index (κ1) is 15.7. The lowest BCUT2D eigenvalue weighted by Gasteiger charge is -2.28. The summed E-state index contributed by atoms with van der Waals surface area (Å²) in [5.41, 5.74) is 7.41. The molecule has 3 aliphatic heterocycles. The molecule has 0 aromatic heterocycles. The molecule has 130 valence electrons. The van der Waals surface area contributed by atoms with E-state index in [9.17, 15) is 4.79 Å². The lowest BCUT2D eigenvalue weighted by molar-refractivity contribution is -0.134. The van der Waals surface area contributed by atoms with Crippen LogP contribution in [0, 0.1) is 0 Å². The number of amides is 1. The Morgan fingerprint density at radius 3 is 2.79 bits per heavy atom. The Hall–Kier alpha value is -1.79. The first-order valence-corrected chi connectivity index (χ1v) is 8.93. The van der Waals surface area contributed by atoms with Gasteiger partial charge in [-0.15, -0.1) is 0 Å². The molecular formula is C18H25N3O3. The van der Waals surface area contributed by atoms with Gasteiger partial charge in [-0.2, -0.15) is 0 Å². The topological polar surface area (TPSA) is 62.8 Å². The van der Waals surface area contributed by atoms with Crippen LogP contribution in [0.25, 0.3) is 0 Å². The van der Waals surface area contributed by atoms with Crippen molar-refractivity contribution in [2.24, 2.45) is 0 Å². The largest absolute Gasteiger partial charge is 0.490 e. The van der Waals surface area contributed by atoms with Crippen LogP contribution in [0.5, 0.6) is 11.5 Å². The average molecular weight is 331 g/mol.